The molecule has 0 radical (unpaired) electrons. The summed E-state index contributed by atoms with van der Waals surface area (Å²) in [5, 5.41) is 4.87. The molecule has 0 unspecified atom stereocenters. The summed E-state index contributed by atoms with van der Waals surface area (Å²) in [5.74, 6) is 0. The summed E-state index contributed by atoms with van der Waals surface area (Å²) in [6.07, 6.45) is 0. The van der Waals surface area contributed by atoms with Crippen LogP contribution < -0.4 is 10.9 Å². The lowest BCUT2D eigenvalue weighted by Crippen LogP contribution is -2.09. The lowest BCUT2D eigenvalue weighted by atomic mass is 10.5. The van der Waals surface area contributed by atoms with Gasteiger partial charge in [0, 0.05) is 11.4 Å². The molecule has 0 amide bonds. The molecule has 0 spiro atoms. The van der Waals surface area contributed by atoms with E-state index in [9.17, 15) is 8.42 Å². The highest BCUT2D eigenvalue weighted by atomic mass is 32.2. The average Bonchev–Trinajstić information content (AvgIpc) is 2.32. The zero-order valence-electron chi connectivity index (χ0n) is 5.65. The Morgan fingerprint density at radius 1 is 1.45 bits per heavy atom. The molecule has 0 fully saturated rings. The van der Waals surface area contributed by atoms with Crippen LogP contribution in [0.15, 0.2) is 16.3 Å². The van der Waals surface area contributed by atoms with E-state index < -0.39 is 10.0 Å². The first-order valence-corrected chi connectivity index (χ1v) is 5.22. The highest BCUT2D eigenvalue weighted by Gasteiger charge is 2.09. The zero-order valence-corrected chi connectivity index (χ0v) is 7.28. The minimum atomic E-state index is -3.53. The summed E-state index contributed by atoms with van der Waals surface area (Å²) in [7, 11) is -3.53. The quantitative estimate of drug-likeness (QED) is 0.683. The van der Waals surface area contributed by atoms with E-state index >= 15 is 0 Å². The maximum atomic E-state index is 10.7. The van der Waals surface area contributed by atoms with Crippen molar-refractivity contribution in [3.8, 4) is 0 Å². The fourth-order valence-electron chi connectivity index (χ4n) is 0.621. The smallest absolute Gasteiger partial charge is 0.247 e. The minimum absolute atomic E-state index is 0.165. The number of primary sulfonamides is 1. The van der Waals surface area contributed by atoms with Crippen LogP contribution in [0.5, 0.6) is 0 Å². The van der Waals surface area contributed by atoms with Crippen LogP contribution in [-0.4, -0.2) is 8.42 Å². The first-order chi connectivity index (χ1) is 5.04. The van der Waals surface area contributed by atoms with E-state index in [0.717, 1.165) is 16.2 Å². The third-order valence-corrected chi connectivity index (χ3v) is 3.66. The van der Waals surface area contributed by atoms with E-state index in [0.29, 0.717) is 6.54 Å². The number of thiophene rings is 1. The molecule has 0 aliphatic carbocycles. The fraction of sp³-hybridized carbons (Fsp3) is 0.200. The molecule has 1 aromatic heterocycles. The summed E-state index contributed by atoms with van der Waals surface area (Å²) < 4.78 is 21.6. The average molecular weight is 192 g/mol. The third kappa shape index (κ3) is 2.00. The molecule has 0 aliphatic heterocycles. The Morgan fingerprint density at radius 2 is 2.09 bits per heavy atom. The summed E-state index contributed by atoms with van der Waals surface area (Å²) in [6, 6.07) is 3.12. The summed E-state index contributed by atoms with van der Waals surface area (Å²) >= 11 is 1.10. The van der Waals surface area contributed by atoms with Crippen molar-refractivity contribution in [3.63, 3.8) is 0 Å². The van der Waals surface area contributed by atoms with Gasteiger partial charge in [-0.2, -0.15) is 0 Å². The lowest BCUT2D eigenvalue weighted by Gasteiger charge is -1.88. The Labute approximate surface area is 68.9 Å². The molecule has 0 saturated carbocycles. The van der Waals surface area contributed by atoms with Crippen molar-refractivity contribution in [3.05, 3.63) is 17.0 Å². The normalized spacial score (nSPS) is 11.8. The van der Waals surface area contributed by atoms with Gasteiger partial charge in [-0.25, -0.2) is 13.6 Å². The summed E-state index contributed by atoms with van der Waals surface area (Å²) in [5.41, 5.74) is 5.28. The molecule has 1 rings (SSSR count). The zero-order chi connectivity index (χ0) is 8.48. The number of nitrogens with two attached hydrogens (primary N) is 2. The van der Waals surface area contributed by atoms with Crippen molar-refractivity contribution in [1.29, 1.82) is 0 Å². The van der Waals surface area contributed by atoms with Crippen molar-refractivity contribution in [2.45, 2.75) is 10.8 Å². The molecule has 1 aromatic rings. The lowest BCUT2D eigenvalue weighted by molar-refractivity contribution is 0.600. The van der Waals surface area contributed by atoms with Crippen LogP contribution in [0.2, 0.25) is 0 Å². The van der Waals surface area contributed by atoms with Crippen LogP contribution in [0.25, 0.3) is 0 Å². The van der Waals surface area contributed by atoms with Crippen LogP contribution >= 0.6 is 11.3 Å². The molecule has 0 bridgehead atoms. The van der Waals surface area contributed by atoms with Gasteiger partial charge in [-0.05, 0) is 12.1 Å². The SMILES string of the molecule is NCc1ccc(S(N)(=O)=O)s1. The van der Waals surface area contributed by atoms with Gasteiger partial charge in [0.15, 0.2) is 0 Å². The second kappa shape index (κ2) is 2.90. The van der Waals surface area contributed by atoms with Crippen molar-refractivity contribution >= 4 is 21.4 Å². The van der Waals surface area contributed by atoms with Gasteiger partial charge in [0.1, 0.15) is 4.21 Å². The molecule has 4 N–H and O–H groups in total. The van der Waals surface area contributed by atoms with Crippen molar-refractivity contribution in [2.24, 2.45) is 10.9 Å². The Hall–Kier alpha value is -0.430. The van der Waals surface area contributed by atoms with Crippen molar-refractivity contribution in [2.75, 3.05) is 0 Å². The molecule has 1 heterocycles. The van der Waals surface area contributed by atoms with E-state index in [2.05, 4.69) is 0 Å². The van der Waals surface area contributed by atoms with Gasteiger partial charge >= 0.3 is 0 Å². The van der Waals surface area contributed by atoms with E-state index in [-0.39, 0.29) is 4.21 Å². The van der Waals surface area contributed by atoms with Gasteiger partial charge < -0.3 is 5.73 Å². The third-order valence-electron chi connectivity index (χ3n) is 1.12. The number of rotatable bonds is 2. The Bertz CT molecular complexity index is 341. The van der Waals surface area contributed by atoms with Gasteiger partial charge in [-0.3, -0.25) is 0 Å². The molecule has 62 valence electrons. The molecule has 11 heavy (non-hydrogen) atoms. The van der Waals surface area contributed by atoms with Gasteiger partial charge in [0.05, 0.1) is 0 Å². The van der Waals surface area contributed by atoms with Crippen LogP contribution in [0.3, 0.4) is 0 Å². The predicted octanol–water partition coefficient (Wildman–Crippen LogP) is -0.146. The second-order valence-electron chi connectivity index (χ2n) is 1.97. The molecule has 0 aromatic carbocycles. The first kappa shape index (κ1) is 8.66. The topological polar surface area (TPSA) is 86.2 Å². The first-order valence-electron chi connectivity index (χ1n) is 2.85. The summed E-state index contributed by atoms with van der Waals surface area (Å²) in [4.78, 5) is 0.814. The number of sulfonamides is 1. The van der Waals surface area contributed by atoms with Crippen LogP contribution in [0.4, 0.5) is 0 Å². The van der Waals surface area contributed by atoms with Crippen molar-refractivity contribution in [1.82, 2.24) is 0 Å². The molecule has 0 atom stereocenters. The highest BCUT2D eigenvalue weighted by molar-refractivity contribution is 7.91. The molecule has 0 aliphatic rings. The molecule has 0 saturated heterocycles. The van der Waals surface area contributed by atoms with Gasteiger partial charge in [-0.15, -0.1) is 11.3 Å². The number of hydrogen-bond donors (Lipinski definition) is 2. The molecule has 6 heteroatoms. The van der Waals surface area contributed by atoms with Gasteiger partial charge in [-0.1, -0.05) is 0 Å². The van der Waals surface area contributed by atoms with E-state index in [4.69, 9.17) is 10.9 Å². The van der Waals surface area contributed by atoms with Crippen LogP contribution in [0, 0.1) is 0 Å². The Morgan fingerprint density at radius 3 is 2.36 bits per heavy atom. The minimum Gasteiger partial charge on any atom is -0.326 e. The maximum absolute atomic E-state index is 10.7. The maximum Gasteiger partial charge on any atom is 0.247 e. The highest BCUT2D eigenvalue weighted by Crippen LogP contribution is 2.19. The van der Waals surface area contributed by atoms with E-state index in [1.165, 1.54) is 6.07 Å². The largest absolute Gasteiger partial charge is 0.326 e. The second-order valence-corrected chi connectivity index (χ2v) is 4.93. The van der Waals surface area contributed by atoms with Gasteiger partial charge in [0.25, 0.3) is 0 Å². The van der Waals surface area contributed by atoms with Crippen LogP contribution in [0.1, 0.15) is 4.88 Å². The van der Waals surface area contributed by atoms with Crippen molar-refractivity contribution < 1.29 is 8.42 Å². The van der Waals surface area contributed by atoms with E-state index in [1.807, 2.05) is 0 Å². The fourth-order valence-corrected chi connectivity index (χ4v) is 2.28. The standard InChI is InChI=1S/C5H8N2O2S2/c6-3-4-1-2-5(10-4)11(7,8)9/h1-2H,3,6H2,(H2,7,8,9). The summed E-state index contributed by atoms with van der Waals surface area (Å²) in [6.45, 7) is 0.347. The predicted molar refractivity (Wildman–Crippen MR) is 43.6 cm³/mol. The monoisotopic (exact) mass is 192 g/mol. The Kier molecular flexibility index (Phi) is 2.28. The molecular formula is C5H8N2O2S2. The molecular weight excluding hydrogens is 184 g/mol. The van der Waals surface area contributed by atoms with Gasteiger partial charge in [0.2, 0.25) is 10.0 Å². The van der Waals surface area contributed by atoms with E-state index in [1.54, 1.807) is 6.07 Å². The molecule has 4 nitrogen and oxygen atoms in total. The number of hydrogen-bond acceptors (Lipinski definition) is 4. The van der Waals surface area contributed by atoms with Crippen LogP contribution in [-0.2, 0) is 16.6 Å². The Balaban J connectivity index is 3.09.